The fraction of sp³-hybridized carbons (Fsp3) is 0.263. The van der Waals surface area contributed by atoms with E-state index < -0.39 is 0 Å². The van der Waals surface area contributed by atoms with Crippen molar-refractivity contribution in [3.05, 3.63) is 64.0 Å². The van der Waals surface area contributed by atoms with Gasteiger partial charge < -0.3 is 14.5 Å². The molecule has 0 atom stereocenters. The van der Waals surface area contributed by atoms with E-state index in [1.165, 1.54) is 5.56 Å². The summed E-state index contributed by atoms with van der Waals surface area (Å²) in [6.45, 7) is 4.45. The number of benzene rings is 1. The number of imidazole rings is 1. The topological polar surface area (TPSA) is 55.6 Å². The lowest BCUT2D eigenvalue weighted by atomic mass is 10.2. The first kappa shape index (κ1) is 17.5. The quantitative estimate of drug-likeness (QED) is 0.685. The number of nitrogens with one attached hydrogen (secondary N) is 1. The van der Waals surface area contributed by atoms with Crippen LogP contribution in [0.25, 0.3) is 5.65 Å². The van der Waals surface area contributed by atoms with Gasteiger partial charge in [0, 0.05) is 16.9 Å². The molecule has 0 aliphatic carbocycles. The van der Waals surface area contributed by atoms with Crippen LogP contribution in [0.3, 0.4) is 0 Å². The molecule has 0 unspecified atom stereocenters. The maximum absolute atomic E-state index is 12.0. The van der Waals surface area contributed by atoms with E-state index in [0.29, 0.717) is 12.3 Å². The smallest absolute Gasteiger partial charge is 0.258 e. The minimum Gasteiger partial charge on any atom is -0.484 e. The number of nitrogens with zero attached hydrogens (tertiary/aromatic N) is 2. The number of fused-ring (bicyclic) bond motifs is 1. The number of rotatable bonds is 6. The van der Waals surface area contributed by atoms with Crippen molar-refractivity contribution in [2.75, 3.05) is 6.61 Å². The molecule has 0 saturated carbocycles. The van der Waals surface area contributed by atoms with Crippen molar-refractivity contribution in [3.8, 4) is 5.75 Å². The lowest BCUT2D eigenvalue weighted by Crippen LogP contribution is -2.28. The highest BCUT2D eigenvalue weighted by Crippen LogP contribution is 2.17. The number of hydrogen-bond acceptors (Lipinski definition) is 3. The summed E-state index contributed by atoms with van der Waals surface area (Å²) in [5, 5.41) is 2.84. The number of amides is 1. The van der Waals surface area contributed by atoms with Gasteiger partial charge in [-0.1, -0.05) is 19.1 Å². The van der Waals surface area contributed by atoms with Crippen molar-refractivity contribution in [2.24, 2.45) is 0 Å². The van der Waals surface area contributed by atoms with E-state index in [-0.39, 0.29) is 12.5 Å². The molecule has 1 aromatic carbocycles. The summed E-state index contributed by atoms with van der Waals surface area (Å²) < 4.78 is 8.49. The van der Waals surface area contributed by atoms with Gasteiger partial charge in [-0.2, -0.15) is 0 Å². The molecule has 1 N–H and O–H groups in total. The Morgan fingerprint density at radius 1 is 1.32 bits per heavy atom. The van der Waals surface area contributed by atoms with Crippen molar-refractivity contribution in [1.82, 2.24) is 14.7 Å². The van der Waals surface area contributed by atoms with E-state index in [4.69, 9.17) is 4.74 Å². The zero-order valence-electron chi connectivity index (χ0n) is 14.3. The molecule has 2 aromatic heterocycles. The standard InChI is InChI=1S/C19H20BrN3O2/c1-3-14-5-4-6-17(8-14)25-12-18(24)21-9-16-11-23-10-15(20)7-13(2)19(23)22-16/h4-8,10-11H,3,9,12H2,1-2H3,(H,21,24). The van der Waals surface area contributed by atoms with Crippen molar-refractivity contribution >= 4 is 27.5 Å². The zero-order chi connectivity index (χ0) is 17.8. The Labute approximate surface area is 155 Å². The van der Waals surface area contributed by atoms with Gasteiger partial charge in [0.1, 0.15) is 11.4 Å². The maximum Gasteiger partial charge on any atom is 0.258 e. The Balaban J connectivity index is 1.56. The highest BCUT2D eigenvalue weighted by atomic mass is 79.9. The first-order chi connectivity index (χ1) is 12.0. The minimum atomic E-state index is -0.170. The maximum atomic E-state index is 12.0. The fourth-order valence-corrected chi connectivity index (χ4v) is 3.17. The zero-order valence-corrected chi connectivity index (χ0v) is 15.8. The van der Waals surface area contributed by atoms with E-state index in [2.05, 4.69) is 33.2 Å². The molecule has 0 bridgehead atoms. The molecule has 5 nitrogen and oxygen atoms in total. The van der Waals surface area contributed by atoms with Gasteiger partial charge in [-0.15, -0.1) is 0 Å². The fourth-order valence-electron chi connectivity index (χ4n) is 2.61. The monoisotopic (exact) mass is 401 g/mol. The molecule has 0 aliphatic rings. The lowest BCUT2D eigenvalue weighted by molar-refractivity contribution is -0.123. The number of ether oxygens (including phenoxy) is 1. The Bertz CT molecular complexity index is 905. The lowest BCUT2D eigenvalue weighted by Gasteiger charge is -2.07. The summed E-state index contributed by atoms with van der Waals surface area (Å²) in [7, 11) is 0. The molecule has 0 fully saturated rings. The van der Waals surface area contributed by atoms with Gasteiger partial charge >= 0.3 is 0 Å². The predicted octanol–water partition coefficient (Wildman–Crippen LogP) is 3.66. The average molecular weight is 402 g/mol. The number of pyridine rings is 1. The summed E-state index contributed by atoms with van der Waals surface area (Å²) in [6, 6.07) is 9.80. The summed E-state index contributed by atoms with van der Waals surface area (Å²) in [5.74, 6) is 0.541. The molecule has 3 rings (SSSR count). The Morgan fingerprint density at radius 2 is 2.16 bits per heavy atom. The molecular formula is C19H20BrN3O2. The normalized spacial score (nSPS) is 10.8. The average Bonchev–Trinajstić information content (AvgIpc) is 3.01. The molecule has 0 spiro atoms. The number of aryl methyl sites for hydroxylation is 2. The molecule has 0 radical (unpaired) electrons. The summed E-state index contributed by atoms with van der Waals surface area (Å²) in [5.41, 5.74) is 3.96. The third-order valence-corrected chi connectivity index (χ3v) is 4.33. The van der Waals surface area contributed by atoms with E-state index in [1.807, 2.05) is 54.0 Å². The van der Waals surface area contributed by atoms with Gasteiger partial charge in [0.2, 0.25) is 0 Å². The number of hydrogen-bond donors (Lipinski definition) is 1. The van der Waals surface area contributed by atoms with Crippen LogP contribution in [0.15, 0.2) is 47.2 Å². The number of halogens is 1. The third-order valence-electron chi connectivity index (χ3n) is 3.90. The Kier molecular flexibility index (Phi) is 5.38. The summed E-state index contributed by atoms with van der Waals surface area (Å²) >= 11 is 3.47. The van der Waals surface area contributed by atoms with Crippen LogP contribution in [0.1, 0.15) is 23.7 Å². The molecule has 0 saturated heterocycles. The first-order valence-corrected chi connectivity index (χ1v) is 8.96. The van der Waals surface area contributed by atoms with Crippen LogP contribution in [-0.4, -0.2) is 21.9 Å². The molecule has 3 aromatic rings. The highest BCUT2D eigenvalue weighted by molar-refractivity contribution is 9.10. The van der Waals surface area contributed by atoms with E-state index in [9.17, 15) is 4.79 Å². The highest BCUT2D eigenvalue weighted by Gasteiger charge is 2.08. The van der Waals surface area contributed by atoms with E-state index in [1.54, 1.807) is 0 Å². The van der Waals surface area contributed by atoms with Crippen LogP contribution in [0.5, 0.6) is 5.75 Å². The van der Waals surface area contributed by atoms with Crippen LogP contribution in [-0.2, 0) is 17.8 Å². The molecule has 1 amide bonds. The molecule has 130 valence electrons. The predicted molar refractivity (Wildman–Crippen MR) is 101 cm³/mol. The second kappa shape index (κ2) is 7.70. The summed E-state index contributed by atoms with van der Waals surface area (Å²) in [6.07, 6.45) is 4.80. The SMILES string of the molecule is CCc1cccc(OCC(=O)NCc2cn3cc(Br)cc(C)c3n2)c1. The van der Waals surface area contributed by atoms with Gasteiger partial charge in [-0.3, -0.25) is 4.79 Å². The third kappa shape index (κ3) is 4.39. The molecule has 2 heterocycles. The minimum absolute atomic E-state index is 0.00881. The number of carbonyl (C=O) groups is 1. The van der Waals surface area contributed by atoms with Crippen LogP contribution >= 0.6 is 15.9 Å². The first-order valence-electron chi connectivity index (χ1n) is 8.17. The van der Waals surface area contributed by atoms with Gasteiger partial charge in [-0.05, 0) is 58.6 Å². The second-order valence-electron chi connectivity index (χ2n) is 5.87. The number of aromatic nitrogens is 2. The second-order valence-corrected chi connectivity index (χ2v) is 6.79. The van der Waals surface area contributed by atoms with Crippen LogP contribution in [0, 0.1) is 6.92 Å². The number of carbonyl (C=O) groups excluding carboxylic acids is 1. The van der Waals surface area contributed by atoms with Gasteiger partial charge in [0.15, 0.2) is 6.61 Å². The Morgan fingerprint density at radius 3 is 2.96 bits per heavy atom. The molecule has 25 heavy (non-hydrogen) atoms. The van der Waals surface area contributed by atoms with E-state index >= 15 is 0 Å². The summed E-state index contributed by atoms with van der Waals surface area (Å²) in [4.78, 5) is 16.6. The van der Waals surface area contributed by atoms with Crippen molar-refractivity contribution in [2.45, 2.75) is 26.8 Å². The molecule has 6 heteroatoms. The van der Waals surface area contributed by atoms with E-state index in [0.717, 1.165) is 27.8 Å². The van der Waals surface area contributed by atoms with Gasteiger partial charge in [0.25, 0.3) is 5.91 Å². The largest absolute Gasteiger partial charge is 0.484 e. The van der Waals surface area contributed by atoms with Crippen molar-refractivity contribution < 1.29 is 9.53 Å². The van der Waals surface area contributed by atoms with Gasteiger partial charge in [0.05, 0.1) is 12.2 Å². The van der Waals surface area contributed by atoms with Crippen LogP contribution in [0.4, 0.5) is 0 Å². The Hall–Kier alpha value is -2.34. The molecule has 0 aliphatic heterocycles. The van der Waals surface area contributed by atoms with Gasteiger partial charge in [-0.25, -0.2) is 4.98 Å². The van der Waals surface area contributed by atoms with Crippen LogP contribution in [0.2, 0.25) is 0 Å². The van der Waals surface area contributed by atoms with Crippen LogP contribution < -0.4 is 10.1 Å². The van der Waals surface area contributed by atoms with Crippen molar-refractivity contribution in [1.29, 1.82) is 0 Å². The molecular weight excluding hydrogens is 382 g/mol. The van der Waals surface area contributed by atoms with Crippen molar-refractivity contribution in [3.63, 3.8) is 0 Å².